The fraction of sp³-hybridized carbons (Fsp3) is 0.500. The van der Waals surface area contributed by atoms with Crippen molar-refractivity contribution in [1.82, 2.24) is 5.32 Å². The molecule has 0 saturated carbocycles. The molecule has 2 rings (SSSR count). The van der Waals surface area contributed by atoms with Gasteiger partial charge in [-0.25, -0.2) is 0 Å². The number of benzene rings is 1. The maximum Gasteiger partial charge on any atom is 0.231 e. The number of rotatable bonds is 9. The maximum absolute atomic E-state index is 5.89. The Kier molecular flexibility index (Phi) is 5.74. The van der Waals surface area contributed by atoms with E-state index in [9.17, 15) is 0 Å². The highest BCUT2D eigenvalue weighted by atomic mass is 16.7. The number of unbranched alkanes of at least 4 members (excludes halogenated alkanes) is 3. The zero-order valence-corrected chi connectivity index (χ0v) is 12.1. The van der Waals surface area contributed by atoms with Crippen LogP contribution < -0.4 is 19.5 Å². The van der Waals surface area contributed by atoms with Crippen molar-refractivity contribution in [3.8, 4) is 17.2 Å². The minimum atomic E-state index is 0.291. The van der Waals surface area contributed by atoms with E-state index in [1.807, 2.05) is 25.3 Å². The Morgan fingerprint density at radius 1 is 1.25 bits per heavy atom. The van der Waals surface area contributed by atoms with E-state index in [2.05, 4.69) is 11.9 Å². The van der Waals surface area contributed by atoms with Crippen molar-refractivity contribution in [1.29, 1.82) is 0 Å². The van der Waals surface area contributed by atoms with Crippen LogP contribution in [0.4, 0.5) is 0 Å². The molecule has 1 heterocycles. The molecule has 0 aliphatic carbocycles. The molecule has 0 atom stereocenters. The van der Waals surface area contributed by atoms with Gasteiger partial charge in [0.05, 0.1) is 6.61 Å². The van der Waals surface area contributed by atoms with E-state index in [-0.39, 0.29) is 0 Å². The van der Waals surface area contributed by atoms with Crippen LogP contribution in [0.15, 0.2) is 24.8 Å². The minimum Gasteiger partial charge on any atom is -0.493 e. The molecule has 1 N–H and O–H groups in total. The van der Waals surface area contributed by atoms with Gasteiger partial charge in [0.15, 0.2) is 11.5 Å². The number of ether oxygens (including phenoxy) is 3. The number of fused-ring (bicyclic) bond motifs is 1. The monoisotopic (exact) mass is 277 g/mol. The number of nitrogens with one attached hydrogen (secondary N) is 1. The third-order valence-electron chi connectivity index (χ3n) is 3.23. The predicted molar refractivity (Wildman–Crippen MR) is 79.5 cm³/mol. The Morgan fingerprint density at radius 3 is 2.80 bits per heavy atom. The third kappa shape index (κ3) is 3.90. The second kappa shape index (κ2) is 7.80. The first kappa shape index (κ1) is 14.7. The maximum atomic E-state index is 5.89. The second-order valence-corrected chi connectivity index (χ2v) is 4.83. The molecule has 0 amide bonds. The molecule has 0 unspecified atom stereocenters. The van der Waals surface area contributed by atoms with Crippen LogP contribution in [0, 0.1) is 0 Å². The van der Waals surface area contributed by atoms with Crippen LogP contribution in [0.5, 0.6) is 17.2 Å². The van der Waals surface area contributed by atoms with Gasteiger partial charge in [0.1, 0.15) is 5.75 Å². The lowest BCUT2D eigenvalue weighted by Gasteiger charge is -2.12. The largest absolute Gasteiger partial charge is 0.493 e. The summed E-state index contributed by atoms with van der Waals surface area (Å²) in [6.07, 6.45) is 6.44. The van der Waals surface area contributed by atoms with Gasteiger partial charge in [-0.1, -0.05) is 6.08 Å². The number of allylic oxidation sites excluding steroid dienone is 1. The zero-order valence-electron chi connectivity index (χ0n) is 12.1. The summed E-state index contributed by atoms with van der Waals surface area (Å²) in [7, 11) is 1.92. The first-order chi connectivity index (χ1) is 9.85. The summed E-state index contributed by atoms with van der Waals surface area (Å²) in [6.45, 7) is 5.50. The Balaban J connectivity index is 1.90. The average Bonchev–Trinajstić information content (AvgIpc) is 2.90. The molecule has 1 aromatic rings. The van der Waals surface area contributed by atoms with Gasteiger partial charge in [-0.2, -0.15) is 0 Å². The summed E-state index contributed by atoms with van der Waals surface area (Å²) >= 11 is 0. The van der Waals surface area contributed by atoms with Crippen molar-refractivity contribution < 1.29 is 14.2 Å². The van der Waals surface area contributed by atoms with Crippen molar-refractivity contribution >= 4 is 0 Å². The number of hydrogen-bond donors (Lipinski definition) is 1. The van der Waals surface area contributed by atoms with Gasteiger partial charge in [0.25, 0.3) is 0 Å². The van der Waals surface area contributed by atoms with E-state index in [0.29, 0.717) is 6.79 Å². The molecule has 1 aliphatic rings. The van der Waals surface area contributed by atoms with Crippen LogP contribution in [0.2, 0.25) is 0 Å². The van der Waals surface area contributed by atoms with Gasteiger partial charge in [0, 0.05) is 18.2 Å². The molecule has 0 spiro atoms. The molecule has 0 bridgehead atoms. The van der Waals surface area contributed by atoms with E-state index in [1.165, 1.54) is 6.42 Å². The Morgan fingerprint density at radius 2 is 2.05 bits per heavy atom. The normalized spacial score (nSPS) is 12.4. The van der Waals surface area contributed by atoms with Crippen LogP contribution in [-0.4, -0.2) is 20.4 Å². The molecule has 110 valence electrons. The van der Waals surface area contributed by atoms with Gasteiger partial charge in [-0.05, 0) is 38.8 Å². The van der Waals surface area contributed by atoms with Gasteiger partial charge in [-0.3, -0.25) is 0 Å². The molecule has 0 aromatic heterocycles. The van der Waals surface area contributed by atoms with Crippen molar-refractivity contribution in [2.75, 3.05) is 20.4 Å². The average molecular weight is 277 g/mol. The van der Waals surface area contributed by atoms with E-state index in [1.54, 1.807) is 0 Å². The highest BCUT2D eigenvalue weighted by molar-refractivity contribution is 5.51. The lowest BCUT2D eigenvalue weighted by Crippen LogP contribution is -2.08. The molecular formula is C16H23NO3. The topological polar surface area (TPSA) is 39.7 Å². The standard InChI is InChI=1S/C16H23NO3/c1-3-4-5-6-7-8-18-14-10-16-15(19-12-20-16)9-13(14)11-17-2/h3,9-10,17H,1,4-8,11-12H2,2H3. The van der Waals surface area contributed by atoms with E-state index >= 15 is 0 Å². The lowest BCUT2D eigenvalue weighted by molar-refractivity contribution is 0.173. The Labute approximate surface area is 120 Å². The summed E-state index contributed by atoms with van der Waals surface area (Å²) in [6, 6.07) is 3.92. The SMILES string of the molecule is C=CCCCCCOc1cc2c(cc1CNC)OCO2. The summed E-state index contributed by atoms with van der Waals surface area (Å²) < 4.78 is 16.7. The zero-order chi connectivity index (χ0) is 14.2. The first-order valence-electron chi connectivity index (χ1n) is 7.16. The molecular weight excluding hydrogens is 254 g/mol. The molecule has 1 aliphatic heterocycles. The Hall–Kier alpha value is -1.68. The minimum absolute atomic E-state index is 0.291. The highest BCUT2D eigenvalue weighted by Gasteiger charge is 2.17. The van der Waals surface area contributed by atoms with E-state index < -0.39 is 0 Å². The molecule has 20 heavy (non-hydrogen) atoms. The van der Waals surface area contributed by atoms with E-state index in [4.69, 9.17) is 14.2 Å². The van der Waals surface area contributed by atoms with Crippen molar-refractivity contribution in [3.05, 3.63) is 30.4 Å². The van der Waals surface area contributed by atoms with Crippen LogP contribution in [0.1, 0.15) is 31.2 Å². The molecule has 1 aromatic carbocycles. The smallest absolute Gasteiger partial charge is 0.231 e. The third-order valence-corrected chi connectivity index (χ3v) is 3.23. The van der Waals surface area contributed by atoms with Crippen LogP contribution in [-0.2, 0) is 6.54 Å². The lowest BCUT2D eigenvalue weighted by atomic mass is 10.1. The second-order valence-electron chi connectivity index (χ2n) is 4.83. The van der Waals surface area contributed by atoms with Crippen LogP contribution in [0.3, 0.4) is 0 Å². The van der Waals surface area contributed by atoms with Crippen LogP contribution in [0.25, 0.3) is 0 Å². The first-order valence-corrected chi connectivity index (χ1v) is 7.16. The summed E-state index contributed by atoms with van der Waals surface area (Å²) in [5.74, 6) is 2.45. The Bertz CT molecular complexity index is 446. The summed E-state index contributed by atoms with van der Waals surface area (Å²) in [5.41, 5.74) is 1.10. The fourth-order valence-corrected chi connectivity index (χ4v) is 2.18. The molecule has 4 nitrogen and oxygen atoms in total. The van der Waals surface area contributed by atoms with Gasteiger partial charge in [0.2, 0.25) is 6.79 Å². The molecule has 0 radical (unpaired) electrons. The van der Waals surface area contributed by atoms with Gasteiger partial charge >= 0.3 is 0 Å². The van der Waals surface area contributed by atoms with Crippen molar-refractivity contribution in [2.45, 2.75) is 32.2 Å². The van der Waals surface area contributed by atoms with Gasteiger partial charge in [-0.15, -0.1) is 6.58 Å². The molecule has 0 fully saturated rings. The summed E-state index contributed by atoms with van der Waals surface area (Å²) in [5, 5.41) is 3.15. The highest BCUT2D eigenvalue weighted by Crippen LogP contribution is 2.38. The van der Waals surface area contributed by atoms with Crippen molar-refractivity contribution in [3.63, 3.8) is 0 Å². The fourth-order valence-electron chi connectivity index (χ4n) is 2.18. The summed E-state index contributed by atoms with van der Waals surface area (Å²) in [4.78, 5) is 0. The van der Waals surface area contributed by atoms with E-state index in [0.717, 1.165) is 55.2 Å². The van der Waals surface area contributed by atoms with Gasteiger partial charge < -0.3 is 19.5 Å². The number of hydrogen-bond acceptors (Lipinski definition) is 4. The predicted octanol–water partition coefficient (Wildman–Crippen LogP) is 3.26. The van der Waals surface area contributed by atoms with Crippen LogP contribution >= 0.6 is 0 Å². The van der Waals surface area contributed by atoms with Crippen molar-refractivity contribution in [2.24, 2.45) is 0 Å². The molecule has 4 heteroatoms. The quantitative estimate of drug-likeness (QED) is 0.555. The molecule has 0 saturated heterocycles.